The Morgan fingerprint density at radius 2 is 1.87 bits per heavy atom. The van der Waals surface area contributed by atoms with Gasteiger partial charge in [-0.2, -0.15) is 0 Å². The van der Waals surface area contributed by atoms with Crippen molar-refractivity contribution in [1.82, 2.24) is 10.2 Å². The third kappa shape index (κ3) is 5.17. The molecule has 128 valence electrons. The fourth-order valence-electron chi connectivity index (χ4n) is 2.26. The van der Waals surface area contributed by atoms with Crippen molar-refractivity contribution in [3.05, 3.63) is 36.0 Å². The Balaban J connectivity index is 0.00000112. The van der Waals surface area contributed by atoms with Gasteiger partial charge in [0.1, 0.15) is 6.04 Å². The molecule has 0 bridgehead atoms. The quantitative estimate of drug-likeness (QED) is 0.592. The molecule has 2 fully saturated rings. The highest BCUT2D eigenvalue weighted by molar-refractivity contribution is 6.06. The van der Waals surface area contributed by atoms with Crippen molar-refractivity contribution in [3.8, 4) is 0 Å². The van der Waals surface area contributed by atoms with Gasteiger partial charge >= 0.3 is 0 Å². The number of nitrogens with zero attached hydrogens (tertiary/aromatic N) is 1. The molecule has 6 nitrogen and oxygen atoms in total. The summed E-state index contributed by atoms with van der Waals surface area (Å²) in [5, 5.41) is 2.26. The highest BCUT2D eigenvalue weighted by atomic mass is 16.2. The highest BCUT2D eigenvalue weighted by Gasteiger charge is 2.39. The molecule has 2 aliphatic heterocycles. The second kappa shape index (κ2) is 10.5. The molecule has 2 heterocycles. The summed E-state index contributed by atoms with van der Waals surface area (Å²) in [6.07, 6.45) is 6.16. The number of rotatable bonds is 2. The standard InChI is InChI=1S/C14H16N2O3.C2H6.CH5N/c1-3-4-5-10-8-16(14(19)9(10)2)11-6-7-12(17)15-13(11)18;2*1-2/h3-5,11H,2,6-8H2,1H3,(H,15,17,18);1-2H3;2H2,1H3/b4-3-,10-5-;;. The van der Waals surface area contributed by atoms with Crippen molar-refractivity contribution in [2.24, 2.45) is 5.73 Å². The lowest BCUT2D eigenvalue weighted by molar-refractivity contribution is -0.142. The lowest BCUT2D eigenvalue weighted by Crippen LogP contribution is -2.52. The van der Waals surface area contributed by atoms with E-state index in [-0.39, 0.29) is 18.2 Å². The summed E-state index contributed by atoms with van der Waals surface area (Å²) in [6.45, 7) is 10.0. The molecule has 0 aliphatic carbocycles. The lowest BCUT2D eigenvalue weighted by atomic mass is 10.0. The van der Waals surface area contributed by atoms with Crippen LogP contribution in [0.4, 0.5) is 0 Å². The van der Waals surface area contributed by atoms with Gasteiger partial charge in [0.2, 0.25) is 11.8 Å². The molecule has 0 spiro atoms. The summed E-state index contributed by atoms with van der Waals surface area (Å²) in [4.78, 5) is 36.5. The van der Waals surface area contributed by atoms with Gasteiger partial charge in [-0.15, -0.1) is 0 Å². The summed E-state index contributed by atoms with van der Waals surface area (Å²) in [6, 6.07) is -0.571. The van der Waals surface area contributed by atoms with Crippen LogP contribution in [0, 0.1) is 0 Å². The highest BCUT2D eigenvalue weighted by Crippen LogP contribution is 2.26. The Kier molecular flexibility index (Phi) is 9.50. The van der Waals surface area contributed by atoms with Gasteiger partial charge in [-0.3, -0.25) is 19.7 Å². The number of allylic oxidation sites excluding steroid dienone is 3. The molecular weight excluding hydrogens is 294 g/mol. The van der Waals surface area contributed by atoms with E-state index in [2.05, 4.69) is 17.6 Å². The van der Waals surface area contributed by atoms with Crippen molar-refractivity contribution < 1.29 is 14.4 Å². The molecule has 1 atom stereocenters. The number of imide groups is 1. The summed E-state index contributed by atoms with van der Waals surface area (Å²) in [7, 11) is 1.50. The molecule has 2 saturated heterocycles. The second-order valence-electron chi connectivity index (χ2n) is 4.60. The van der Waals surface area contributed by atoms with Crippen LogP contribution in [0.25, 0.3) is 0 Å². The number of amides is 3. The number of carbonyl (C=O) groups is 3. The van der Waals surface area contributed by atoms with Crippen LogP contribution in [-0.2, 0) is 14.4 Å². The van der Waals surface area contributed by atoms with Crippen molar-refractivity contribution in [3.63, 3.8) is 0 Å². The second-order valence-corrected chi connectivity index (χ2v) is 4.60. The molecule has 0 saturated carbocycles. The average Bonchev–Trinajstić information content (AvgIpc) is 2.85. The summed E-state index contributed by atoms with van der Waals surface area (Å²) < 4.78 is 0. The Morgan fingerprint density at radius 3 is 2.39 bits per heavy atom. The summed E-state index contributed by atoms with van der Waals surface area (Å²) >= 11 is 0. The van der Waals surface area contributed by atoms with Gasteiger partial charge in [-0.1, -0.05) is 38.7 Å². The first kappa shape index (κ1) is 20.8. The van der Waals surface area contributed by atoms with Crippen LogP contribution in [0.15, 0.2) is 36.0 Å². The van der Waals surface area contributed by atoms with Gasteiger partial charge in [0.05, 0.1) is 0 Å². The predicted molar refractivity (Wildman–Crippen MR) is 91.4 cm³/mol. The van der Waals surface area contributed by atoms with Gasteiger partial charge in [0.25, 0.3) is 5.91 Å². The minimum Gasteiger partial charge on any atom is -0.333 e. The largest absolute Gasteiger partial charge is 0.333 e. The lowest BCUT2D eigenvalue weighted by Gasteiger charge is -2.28. The molecule has 0 radical (unpaired) electrons. The van der Waals surface area contributed by atoms with Crippen LogP contribution < -0.4 is 11.1 Å². The van der Waals surface area contributed by atoms with Crippen LogP contribution in [-0.4, -0.2) is 42.3 Å². The van der Waals surface area contributed by atoms with E-state index < -0.39 is 11.9 Å². The van der Waals surface area contributed by atoms with E-state index >= 15 is 0 Å². The number of hydrogen-bond acceptors (Lipinski definition) is 4. The topological polar surface area (TPSA) is 92.5 Å². The monoisotopic (exact) mass is 321 g/mol. The number of carbonyl (C=O) groups excluding carboxylic acids is 3. The van der Waals surface area contributed by atoms with Gasteiger partial charge in [0.15, 0.2) is 0 Å². The zero-order valence-electron chi connectivity index (χ0n) is 14.4. The van der Waals surface area contributed by atoms with E-state index in [4.69, 9.17) is 0 Å². The van der Waals surface area contributed by atoms with E-state index in [9.17, 15) is 14.4 Å². The SMILES string of the molecule is C=C1C(=O)N(C2CCC(=O)NC2=O)C/C1=C/C=C\C.CC.CN. The molecule has 6 heteroatoms. The first-order chi connectivity index (χ1) is 11.0. The van der Waals surface area contributed by atoms with Crippen molar-refractivity contribution in [2.45, 2.75) is 39.7 Å². The Bertz CT molecular complexity index is 521. The maximum atomic E-state index is 12.1. The molecule has 2 aliphatic rings. The van der Waals surface area contributed by atoms with Gasteiger partial charge in [0, 0.05) is 18.5 Å². The molecule has 0 aromatic rings. The normalized spacial score (nSPS) is 22.6. The van der Waals surface area contributed by atoms with Gasteiger partial charge < -0.3 is 10.6 Å². The Labute approximate surface area is 138 Å². The average molecular weight is 321 g/mol. The molecule has 3 amide bonds. The van der Waals surface area contributed by atoms with Crippen molar-refractivity contribution >= 4 is 17.7 Å². The minimum absolute atomic E-state index is 0.231. The fraction of sp³-hybridized carbons (Fsp3) is 0.471. The van der Waals surface area contributed by atoms with Gasteiger partial charge in [-0.25, -0.2) is 0 Å². The number of nitrogens with two attached hydrogens (primary N) is 1. The minimum atomic E-state index is -0.571. The Hall–Kier alpha value is -2.21. The van der Waals surface area contributed by atoms with Crippen LogP contribution >= 0.6 is 0 Å². The predicted octanol–water partition coefficient (Wildman–Crippen LogP) is 1.29. The summed E-state index contributed by atoms with van der Waals surface area (Å²) in [5.74, 6) is -0.911. The van der Waals surface area contributed by atoms with Crippen molar-refractivity contribution in [2.75, 3.05) is 13.6 Å². The van der Waals surface area contributed by atoms with Gasteiger partial charge in [-0.05, 0) is 26.0 Å². The first-order valence-corrected chi connectivity index (χ1v) is 7.78. The van der Waals surface area contributed by atoms with Crippen LogP contribution in [0.5, 0.6) is 0 Å². The third-order valence-electron chi connectivity index (χ3n) is 3.32. The van der Waals surface area contributed by atoms with E-state index in [0.29, 0.717) is 18.5 Å². The molecular formula is C17H27N3O3. The van der Waals surface area contributed by atoms with E-state index in [1.165, 1.54) is 11.9 Å². The van der Waals surface area contributed by atoms with Crippen LogP contribution in [0.1, 0.15) is 33.6 Å². The maximum Gasteiger partial charge on any atom is 0.254 e. The summed E-state index contributed by atoms with van der Waals surface area (Å²) in [5.41, 5.74) is 5.73. The number of likely N-dealkylation sites (tertiary alicyclic amines) is 1. The molecule has 1 unspecified atom stereocenters. The van der Waals surface area contributed by atoms with Crippen LogP contribution in [0.2, 0.25) is 0 Å². The fourth-order valence-corrected chi connectivity index (χ4v) is 2.26. The molecule has 3 N–H and O–H groups in total. The van der Waals surface area contributed by atoms with E-state index in [0.717, 1.165) is 5.57 Å². The number of nitrogens with one attached hydrogen (secondary N) is 1. The molecule has 23 heavy (non-hydrogen) atoms. The first-order valence-electron chi connectivity index (χ1n) is 7.78. The van der Waals surface area contributed by atoms with Crippen molar-refractivity contribution in [1.29, 1.82) is 0 Å². The number of hydrogen-bond donors (Lipinski definition) is 2. The Morgan fingerprint density at radius 1 is 1.26 bits per heavy atom. The third-order valence-corrected chi connectivity index (χ3v) is 3.32. The van der Waals surface area contributed by atoms with Crippen LogP contribution in [0.3, 0.4) is 0 Å². The maximum absolute atomic E-state index is 12.1. The van der Waals surface area contributed by atoms with E-state index in [1.54, 1.807) is 0 Å². The molecule has 0 aromatic heterocycles. The molecule has 2 rings (SSSR count). The zero-order valence-corrected chi connectivity index (χ0v) is 14.4. The van der Waals surface area contributed by atoms with E-state index in [1.807, 2.05) is 39.0 Å². The smallest absolute Gasteiger partial charge is 0.254 e. The molecule has 0 aromatic carbocycles. The zero-order chi connectivity index (χ0) is 18.0. The number of piperidine rings is 1.